The maximum absolute atomic E-state index is 13.3. The summed E-state index contributed by atoms with van der Waals surface area (Å²) >= 11 is 7.85. The highest BCUT2D eigenvalue weighted by Gasteiger charge is 2.32. The van der Waals surface area contributed by atoms with Gasteiger partial charge >= 0.3 is 6.09 Å². The number of nitrogens with zero attached hydrogens (tertiary/aromatic N) is 4. The van der Waals surface area contributed by atoms with Crippen LogP contribution < -0.4 is 10.6 Å². The number of fused-ring (bicyclic) bond motifs is 3. The van der Waals surface area contributed by atoms with Crippen LogP contribution in [0.2, 0.25) is 5.02 Å². The van der Waals surface area contributed by atoms with Crippen molar-refractivity contribution in [1.82, 2.24) is 20.1 Å². The number of carbonyl (C=O) groups excluding carboxylic acids is 1. The standard InChI is InChI=1S/C29H29ClN6O3S/c1-16-17(2)40-28-25(16)26(20-8-10-21(30)11-9-20)33-23(27-35-34-18(3)36(27)28)15-24(37)32-22-12-6-19(7-13-22)5-4-14-31-29(38)39/h6-13,23,31H,4-5,14-15H2,1-3H3,(H,32,37)(H,38,39)/t23-/m0/s1. The molecule has 1 aliphatic rings. The molecular formula is C29H29ClN6O3S. The fourth-order valence-corrected chi connectivity index (χ4v) is 6.10. The van der Waals surface area contributed by atoms with Crippen LogP contribution in [0, 0.1) is 20.8 Å². The second kappa shape index (κ2) is 11.6. The zero-order valence-corrected chi connectivity index (χ0v) is 23.9. The molecule has 0 radical (unpaired) electrons. The maximum Gasteiger partial charge on any atom is 0.404 e. The lowest BCUT2D eigenvalue weighted by atomic mass is 9.99. The number of hydrogen-bond donors (Lipinski definition) is 3. The van der Waals surface area contributed by atoms with Gasteiger partial charge in [-0.25, -0.2) is 4.79 Å². The Morgan fingerprint density at radius 1 is 1.05 bits per heavy atom. The molecule has 9 nitrogen and oxygen atoms in total. The third kappa shape index (κ3) is 5.78. The summed E-state index contributed by atoms with van der Waals surface area (Å²) in [6.45, 7) is 6.49. The van der Waals surface area contributed by atoms with E-state index >= 15 is 0 Å². The summed E-state index contributed by atoms with van der Waals surface area (Å²) in [6, 6.07) is 14.6. The third-order valence-corrected chi connectivity index (χ3v) is 8.34. The van der Waals surface area contributed by atoms with Gasteiger partial charge in [0.25, 0.3) is 0 Å². The van der Waals surface area contributed by atoms with E-state index < -0.39 is 12.1 Å². The van der Waals surface area contributed by atoms with Crippen molar-refractivity contribution in [3.8, 4) is 5.00 Å². The van der Waals surface area contributed by atoms with E-state index in [0.29, 0.717) is 29.5 Å². The molecule has 2 amide bonds. The molecule has 2 aromatic carbocycles. The van der Waals surface area contributed by atoms with Crippen molar-refractivity contribution in [2.75, 3.05) is 11.9 Å². The molecule has 11 heteroatoms. The van der Waals surface area contributed by atoms with Crippen molar-refractivity contribution in [1.29, 1.82) is 0 Å². The van der Waals surface area contributed by atoms with Gasteiger partial charge in [0.05, 0.1) is 12.1 Å². The van der Waals surface area contributed by atoms with Crippen molar-refractivity contribution >= 4 is 46.3 Å². The van der Waals surface area contributed by atoms with Gasteiger partial charge in [0.1, 0.15) is 16.9 Å². The monoisotopic (exact) mass is 576 g/mol. The molecule has 3 heterocycles. The predicted molar refractivity (Wildman–Crippen MR) is 157 cm³/mol. The highest BCUT2D eigenvalue weighted by molar-refractivity contribution is 7.15. The number of carboxylic acid groups (broad SMARTS) is 1. The molecule has 206 valence electrons. The molecule has 4 aromatic rings. The summed E-state index contributed by atoms with van der Waals surface area (Å²) in [7, 11) is 0. The lowest BCUT2D eigenvalue weighted by Gasteiger charge is -2.13. The first-order chi connectivity index (χ1) is 19.2. The molecule has 0 unspecified atom stereocenters. The number of anilines is 1. The molecular weight excluding hydrogens is 548 g/mol. The van der Waals surface area contributed by atoms with Crippen LogP contribution in [-0.2, 0) is 11.2 Å². The van der Waals surface area contributed by atoms with Gasteiger partial charge in [0.15, 0.2) is 5.82 Å². The van der Waals surface area contributed by atoms with Crippen LogP contribution in [0.15, 0.2) is 53.5 Å². The number of aromatic nitrogens is 3. The van der Waals surface area contributed by atoms with Crippen LogP contribution in [0.3, 0.4) is 0 Å². The lowest BCUT2D eigenvalue weighted by molar-refractivity contribution is -0.116. The minimum atomic E-state index is -1.02. The number of aryl methyl sites for hydroxylation is 3. The highest BCUT2D eigenvalue weighted by atomic mass is 35.5. The topological polar surface area (TPSA) is 122 Å². The van der Waals surface area contributed by atoms with E-state index in [2.05, 4.69) is 34.7 Å². The fraction of sp³-hybridized carbons (Fsp3) is 0.276. The van der Waals surface area contributed by atoms with Gasteiger partial charge < -0.3 is 15.7 Å². The molecule has 40 heavy (non-hydrogen) atoms. The average Bonchev–Trinajstić information content (AvgIpc) is 3.40. The molecule has 0 saturated carbocycles. The van der Waals surface area contributed by atoms with Gasteiger partial charge in [-0.2, -0.15) is 0 Å². The second-order valence-electron chi connectivity index (χ2n) is 9.69. The number of hydrogen-bond acceptors (Lipinski definition) is 6. The molecule has 1 aliphatic heterocycles. The molecule has 1 atom stereocenters. The molecule has 5 rings (SSSR count). The number of rotatable bonds is 8. The molecule has 0 aliphatic carbocycles. The number of benzene rings is 2. The van der Waals surface area contributed by atoms with Gasteiger partial charge in [-0.1, -0.05) is 35.9 Å². The van der Waals surface area contributed by atoms with Crippen molar-refractivity contribution < 1.29 is 14.7 Å². The van der Waals surface area contributed by atoms with E-state index in [4.69, 9.17) is 21.7 Å². The largest absolute Gasteiger partial charge is 0.465 e. The summed E-state index contributed by atoms with van der Waals surface area (Å²) in [4.78, 5) is 30.2. The van der Waals surface area contributed by atoms with Gasteiger partial charge in [-0.05, 0) is 69.0 Å². The Labute approximate surface area is 240 Å². The van der Waals surface area contributed by atoms with Crippen molar-refractivity contribution in [3.05, 3.63) is 92.3 Å². The molecule has 0 saturated heterocycles. The molecule has 0 spiro atoms. The Kier molecular flexibility index (Phi) is 7.99. The van der Waals surface area contributed by atoms with Crippen LogP contribution in [0.4, 0.5) is 10.5 Å². The Hall–Kier alpha value is -4.02. The average molecular weight is 577 g/mol. The van der Waals surface area contributed by atoms with E-state index in [1.54, 1.807) is 11.3 Å². The minimum absolute atomic E-state index is 0.0881. The van der Waals surface area contributed by atoms with Crippen LogP contribution in [0.1, 0.15) is 57.7 Å². The summed E-state index contributed by atoms with van der Waals surface area (Å²) in [6.07, 6.45) is 0.491. The molecule has 0 fully saturated rings. The Morgan fingerprint density at radius 3 is 2.48 bits per heavy atom. The summed E-state index contributed by atoms with van der Waals surface area (Å²) in [5, 5.41) is 24.5. The Morgan fingerprint density at radius 2 is 1.77 bits per heavy atom. The van der Waals surface area contributed by atoms with Crippen LogP contribution in [0.5, 0.6) is 0 Å². The minimum Gasteiger partial charge on any atom is -0.465 e. The van der Waals surface area contributed by atoms with Gasteiger partial charge in [-0.15, -0.1) is 21.5 Å². The van der Waals surface area contributed by atoms with E-state index in [1.807, 2.05) is 60.0 Å². The normalized spacial score (nSPS) is 14.1. The zero-order chi connectivity index (χ0) is 28.4. The van der Waals surface area contributed by atoms with Gasteiger partial charge in [0, 0.05) is 33.3 Å². The zero-order valence-electron chi connectivity index (χ0n) is 22.4. The number of amides is 2. The summed E-state index contributed by atoms with van der Waals surface area (Å²) in [5.41, 5.74) is 5.62. The second-order valence-corrected chi connectivity index (χ2v) is 11.3. The number of halogens is 1. The number of nitrogens with one attached hydrogen (secondary N) is 2. The van der Waals surface area contributed by atoms with Crippen LogP contribution in [0.25, 0.3) is 5.00 Å². The van der Waals surface area contributed by atoms with E-state index in [0.717, 1.165) is 45.2 Å². The SMILES string of the molecule is Cc1sc2c(c1C)C(c1ccc(Cl)cc1)=N[C@@H](CC(=O)Nc1ccc(CCCNC(=O)O)cc1)c1nnc(C)n1-2. The molecule has 0 bridgehead atoms. The first-order valence-corrected chi connectivity index (χ1v) is 14.1. The van der Waals surface area contributed by atoms with E-state index in [-0.39, 0.29) is 12.3 Å². The van der Waals surface area contributed by atoms with Crippen molar-refractivity contribution in [3.63, 3.8) is 0 Å². The fourth-order valence-electron chi connectivity index (χ4n) is 4.76. The van der Waals surface area contributed by atoms with Crippen LogP contribution >= 0.6 is 22.9 Å². The van der Waals surface area contributed by atoms with Gasteiger partial charge in [0.2, 0.25) is 5.91 Å². The van der Waals surface area contributed by atoms with Gasteiger partial charge in [-0.3, -0.25) is 14.4 Å². The quantitative estimate of drug-likeness (QED) is 0.221. The predicted octanol–water partition coefficient (Wildman–Crippen LogP) is 6.03. The van der Waals surface area contributed by atoms with Crippen molar-refractivity contribution in [2.45, 2.75) is 46.1 Å². The smallest absolute Gasteiger partial charge is 0.404 e. The lowest BCUT2D eigenvalue weighted by Crippen LogP contribution is -2.22. The Balaban J connectivity index is 1.41. The van der Waals surface area contributed by atoms with E-state index in [1.165, 1.54) is 4.88 Å². The summed E-state index contributed by atoms with van der Waals surface area (Å²) in [5.74, 6) is 1.18. The third-order valence-electron chi connectivity index (χ3n) is 6.89. The highest BCUT2D eigenvalue weighted by Crippen LogP contribution is 2.39. The molecule has 3 N–H and O–H groups in total. The van der Waals surface area contributed by atoms with E-state index in [9.17, 15) is 9.59 Å². The molecule has 2 aromatic heterocycles. The number of aliphatic imine (C=N–C) groups is 1. The summed E-state index contributed by atoms with van der Waals surface area (Å²) < 4.78 is 2.03. The maximum atomic E-state index is 13.3. The first kappa shape index (κ1) is 27.5. The van der Waals surface area contributed by atoms with Crippen LogP contribution in [-0.4, -0.2) is 44.1 Å². The number of carbonyl (C=O) groups is 2. The first-order valence-electron chi connectivity index (χ1n) is 12.9. The van der Waals surface area contributed by atoms with Crippen molar-refractivity contribution in [2.24, 2.45) is 4.99 Å². The Bertz CT molecular complexity index is 1590. The number of thiophene rings is 1.